The summed E-state index contributed by atoms with van der Waals surface area (Å²) in [6.45, 7) is 4.09. The van der Waals surface area contributed by atoms with Gasteiger partial charge in [-0.2, -0.15) is 0 Å². The number of nitrogens with zero attached hydrogens (tertiary/aromatic N) is 1. The molecule has 0 unspecified atom stereocenters. The molecule has 74 valence electrons. The average Bonchev–Trinajstić information content (AvgIpc) is 2.19. The van der Waals surface area contributed by atoms with Crippen molar-refractivity contribution in [1.82, 2.24) is 5.32 Å². The molecule has 0 aliphatic carbocycles. The van der Waals surface area contributed by atoms with Crippen molar-refractivity contribution in [3.8, 4) is 0 Å². The van der Waals surface area contributed by atoms with E-state index in [4.69, 9.17) is 4.74 Å². The maximum Gasteiger partial charge on any atom is 0.133 e. The Hall–Kier alpha value is -0.830. The van der Waals surface area contributed by atoms with Gasteiger partial charge in [0.05, 0.1) is 6.21 Å². The van der Waals surface area contributed by atoms with Gasteiger partial charge in [-0.25, -0.2) is 0 Å². The largest absolute Gasteiger partial charge is 0.489 e. The van der Waals surface area contributed by atoms with Gasteiger partial charge in [-0.15, -0.1) is 0 Å². The van der Waals surface area contributed by atoms with E-state index < -0.39 is 0 Å². The predicted molar refractivity (Wildman–Crippen MR) is 55.1 cm³/mol. The molecule has 1 aliphatic rings. The van der Waals surface area contributed by atoms with E-state index in [1.165, 1.54) is 0 Å². The standard InChI is InChI=1S/C10H18N2O/c1-3-9(8-11-2)13-10-4-6-12-7-5-10/h3,8,10,12H,4-7H2,1-2H3/b9-3+,11-8?. The summed E-state index contributed by atoms with van der Waals surface area (Å²) in [6.07, 6.45) is 6.27. The molecule has 13 heavy (non-hydrogen) atoms. The molecular formula is C10H18N2O. The van der Waals surface area contributed by atoms with Crippen LogP contribution in [-0.4, -0.2) is 32.5 Å². The zero-order valence-electron chi connectivity index (χ0n) is 8.42. The van der Waals surface area contributed by atoms with Crippen LogP contribution in [-0.2, 0) is 4.74 Å². The van der Waals surface area contributed by atoms with E-state index in [0.29, 0.717) is 6.10 Å². The Bertz CT molecular complexity index is 193. The molecule has 0 radical (unpaired) electrons. The monoisotopic (exact) mass is 182 g/mol. The summed E-state index contributed by atoms with van der Waals surface area (Å²) >= 11 is 0. The number of rotatable bonds is 3. The van der Waals surface area contributed by atoms with Gasteiger partial charge in [-0.05, 0) is 38.9 Å². The third-order valence-corrected chi connectivity index (χ3v) is 2.13. The summed E-state index contributed by atoms with van der Waals surface area (Å²) in [5.74, 6) is 0.884. The van der Waals surface area contributed by atoms with Crippen molar-refractivity contribution in [3.63, 3.8) is 0 Å². The molecule has 0 atom stereocenters. The van der Waals surface area contributed by atoms with Crippen molar-refractivity contribution in [2.45, 2.75) is 25.9 Å². The Morgan fingerprint density at radius 1 is 1.46 bits per heavy atom. The minimum atomic E-state index is 0.366. The molecule has 1 N–H and O–H groups in total. The van der Waals surface area contributed by atoms with Crippen molar-refractivity contribution in [2.75, 3.05) is 20.1 Å². The van der Waals surface area contributed by atoms with Gasteiger partial charge in [0.2, 0.25) is 0 Å². The molecule has 0 bridgehead atoms. The number of hydrogen-bond acceptors (Lipinski definition) is 3. The fourth-order valence-corrected chi connectivity index (χ4v) is 1.41. The van der Waals surface area contributed by atoms with E-state index >= 15 is 0 Å². The maximum atomic E-state index is 5.75. The molecule has 3 heteroatoms. The summed E-state index contributed by atoms with van der Waals surface area (Å²) in [4.78, 5) is 3.94. The van der Waals surface area contributed by atoms with Gasteiger partial charge < -0.3 is 10.1 Å². The number of piperidine rings is 1. The Labute approximate surface area is 79.9 Å². The molecule has 1 saturated heterocycles. The first-order valence-electron chi connectivity index (χ1n) is 4.82. The fourth-order valence-electron chi connectivity index (χ4n) is 1.41. The second-order valence-corrected chi connectivity index (χ2v) is 3.15. The second kappa shape index (κ2) is 5.75. The summed E-state index contributed by atoms with van der Waals surface area (Å²) in [5.41, 5.74) is 0. The highest BCUT2D eigenvalue weighted by atomic mass is 16.5. The lowest BCUT2D eigenvalue weighted by molar-refractivity contribution is 0.101. The van der Waals surface area contributed by atoms with Gasteiger partial charge in [0.1, 0.15) is 11.9 Å². The number of nitrogens with one attached hydrogen (secondary N) is 1. The van der Waals surface area contributed by atoms with Crippen molar-refractivity contribution in [2.24, 2.45) is 4.99 Å². The first-order chi connectivity index (χ1) is 6.36. The number of ether oxygens (including phenoxy) is 1. The van der Waals surface area contributed by atoms with Crippen LogP contribution in [0, 0.1) is 0 Å². The van der Waals surface area contributed by atoms with Gasteiger partial charge in [-0.1, -0.05) is 0 Å². The predicted octanol–water partition coefficient (Wildman–Crippen LogP) is 1.36. The van der Waals surface area contributed by atoms with Crippen LogP contribution in [0.5, 0.6) is 0 Å². The lowest BCUT2D eigenvalue weighted by Gasteiger charge is -2.23. The van der Waals surface area contributed by atoms with Crippen LogP contribution in [0.3, 0.4) is 0 Å². The van der Waals surface area contributed by atoms with E-state index in [-0.39, 0.29) is 0 Å². The second-order valence-electron chi connectivity index (χ2n) is 3.15. The van der Waals surface area contributed by atoms with Gasteiger partial charge in [0.15, 0.2) is 0 Å². The summed E-state index contributed by atoms with van der Waals surface area (Å²) in [5, 5.41) is 3.30. The smallest absolute Gasteiger partial charge is 0.133 e. The van der Waals surface area contributed by atoms with Gasteiger partial charge >= 0.3 is 0 Å². The Kier molecular flexibility index (Phi) is 4.54. The summed E-state index contributed by atoms with van der Waals surface area (Å²) in [7, 11) is 1.76. The molecule has 0 amide bonds. The van der Waals surface area contributed by atoms with Crippen LogP contribution in [0.15, 0.2) is 16.8 Å². The van der Waals surface area contributed by atoms with E-state index in [2.05, 4.69) is 10.3 Å². The first kappa shape index (κ1) is 10.3. The van der Waals surface area contributed by atoms with Crippen LogP contribution in [0.25, 0.3) is 0 Å². The van der Waals surface area contributed by atoms with Crippen LogP contribution in [0.1, 0.15) is 19.8 Å². The van der Waals surface area contributed by atoms with Crippen molar-refractivity contribution in [3.05, 3.63) is 11.8 Å². The highest BCUT2D eigenvalue weighted by molar-refractivity contribution is 5.75. The number of aliphatic imine (C=N–C) groups is 1. The third kappa shape index (κ3) is 3.59. The lowest BCUT2D eigenvalue weighted by atomic mass is 10.1. The maximum absolute atomic E-state index is 5.75. The molecule has 0 aromatic heterocycles. The Balaban J connectivity index is 2.36. The molecule has 1 rings (SSSR count). The van der Waals surface area contributed by atoms with Crippen LogP contribution in [0.2, 0.25) is 0 Å². The average molecular weight is 182 g/mol. The van der Waals surface area contributed by atoms with Gasteiger partial charge in [0, 0.05) is 7.05 Å². The fraction of sp³-hybridized carbons (Fsp3) is 0.700. The quantitative estimate of drug-likeness (QED) is 0.528. The molecule has 0 spiro atoms. The van der Waals surface area contributed by atoms with E-state index in [1.807, 2.05) is 13.0 Å². The van der Waals surface area contributed by atoms with Crippen molar-refractivity contribution >= 4 is 6.21 Å². The SMILES string of the molecule is C/C=C(\C=NC)OC1CCNCC1. The van der Waals surface area contributed by atoms with Crippen molar-refractivity contribution in [1.29, 1.82) is 0 Å². The van der Waals surface area contributed by atoms with E-state index in [9.17, 15) is 0 Å². The highest BCUT2D eigenvalue weighted by Crippen LogP contribution is 2.10. The van der Waals surface area contributed by atoms with E-state index in [0.717, 1.165) is 31.7 Å². The normalized spacial score (nSPS) is 20.9. The lowest BCUT2D eigenvalue weighted by Crippen LogP contribution is -2.32. The minimum absolute atomic E-state index is 0.366. The van der Waals surface area contributed by atoms with Crippen LogP contribution < -0.4 is 5.32 Å². The topological polar surface area (TPSA) is 33.6 Å². The molecular weight excluding hydrogens is 164 g/mol. The molecule has 0 aromatic carbocycles. The van der Waals surface area contributed by atoms with Gasteiger partial charge in [0.25, 0.3) is 0 Å². The number of allylic oxidation sites excluding steroid dienone is 2. The van der Waals surface area contributed by atoms with E-state index in [1.54, 1.807) is 13.3 Å². The summed E-state index contributed by atoms with van der Waals surface area (Å²) in [6, 6.07) is 0. The zero-order valence-corrected chi connectivity index (χ0v) is 8.42. The summed E-state index contributed by atoms with van der Waals surface area (Å²) < 4.78 is 5.75. The Morgan fingerprint density at radius 3 is 2.69 bits per heavy atom. The highest BCUT2D eigenvalue weighted by Gasteiger charge is 2.14. The molecule has 3 nitrogen and oxygen atoms in total. The minimum Gasteiger partial charge on any atom is -0.489 e. The Morgan fingerprint density at radius 2 is 2.15 bits per heavy atom. The molecule has 0 aromatic rings. The molecule has 0 saturated carbocycles. The van der Waals surface area contributed by atoms with Crippen LogP contribution >= 0.6 is 0 Å². The zero-order chi connectivity index (χ0) is 9.52. The molecule has 1 heterocycles. The third-order valence-electron chi connectivity index (χ3n) is 2.13. The van der Waals surface area contributed by atoms with Crippen molar-refractivity contribution < 1.29 is 4.74 Å². The van der Waals surface area contributed by atoms with Gasteiger partial charge in [-0.3, -0.25) is 4.99 Å². The molecule has 1 fully saturated rings. The first-order valence-corrected chi connectivity index (χ1v) is 4.82. The molecule has 1 aliphatic heterocycles. The number of hydrogen-bond donors (Lipinski definition) is 1. The van der Waals surface area contributed by atoms with Crippen LogP contribution in [0.4, 0.5) is 0 Å².